The Bertz CT molecular complexity index is 1500. The molecule has 5 rings (SSSR count). The molecule has 1 amide bonds. The van der Waals surface area contributed by atoms with Crippen molar-refractivity contribution in [2.45, 2.75) is 19.5 Å². The van der Waals surface area contributed by atoms with E-state index in [0.29, 0.717) is 32.8 Å². The summed E-state index contributed by atoms with van der Waals surface area (Å²) in [5, 5.41) is 3.29. The number of rotatable bonds is 6. The van der Waals surface area contributed by atoms with Gasteiger partial charge < -0.3 is 5.32 Å². The second-order valence-electron chi connectivity index (χ2n) is 8.09. The fourth-order valence-corrected chi connectivity index (χ4v) is 5.37. The van der Waals surface area contributed by atoms with Crippen molar-refractivity contribution in [1.82, 2.24) is 14.3 Å². The van der Waals surface area contributed by atoms with Gasteiger partial charge >= 0.3 is 0 Å². The second kappa shape index (κ2) is 9.85. The molecule has 0 radical (unpaired) electrons. The summed E-state index contributed by atoms with van der Waals surface area (Å²) in [6.45, 7) is 2.44. The van der Waals surface area contributed by atoms with E-state index in [4.69, 9.17) is 12.2 Å². The smallest absolute Gasteiger partial charge is 0.267 e. The molecule has 8 heteroatoms. The van der Waals surface area contributed by atoms with E-state index in [9.17, 15) is 9.59 Å². The minimum Gasteiger partial charge on any atom is -0.365 e. The number of hydrogen-bond acceptors (Lipinski definition) is 6. The van der Waals surface area contributed by atoms with Crippen LogP contribution in [0.1, 0.15) is 29.7 Å². The van der Waals surface area contributed by atoms with Crippen molar-refractivity contribution in [2.75, 3.05) is 5.32 Å². The van der Waals surface area contributed by atoms with Crippen LogP contribution in [-0.2, 0) is 11.3 Å². The lowest BCUT2D eigenvalue weighted by molar-refractivity contribution is -0.123. The summed E-state index contributed by atoms with van der Waals surface area (Å²) in [5.41, 5.74) is 2.62. The van der Waals surface area contributed by atoms with Gasteiger partial charge in [-0.2, -0.15) is 0 Å². The Balaban J connectivity index is 1.53. The molecule has 3 heterocycles. The van der Waals surface area contributed by atoms with Gasteiger partial charge in [0.15, 0.2) is 0 Å². The first-order valence-electron chi connectivity index (χ1n) is 11.1. The monoisotopic (exact) mass is 498 g/mol. The SMILES string of the molecule is C[C@@H](c1ccccc1)N1C(=O)/C(=C/c2c(NCc3ccccc3)nc3ccccn3c2=O)SC1=S. The van der Waals surface area contributed by atoms with Gasteiger partial charge in [-0.05, 0) is 36.3 Å². The van der Waals surface area contributed by atoms with E-state index >= 15 is 0 Å². The highest BCUT2D eigenvalue weighted by atomic mass is 32.2. The molecule has 2 aromatic heterocycles. The van der Waals surface area contributed by atoms with E-state index in [1.807, 2.05) is 73.7 Å². The number of thiocarbonyl (C=S) groups is 1. The third-order valence-corrected chi connectivity index (χ3v) is 7.17. The Morgan fingerprint density at radius 3 is 2.43 bits per heavy atom. The van der Waals surface area contributed by atoms with Gasteiger partial charge in [-0.25, -0.2) is 4.98 Å². The van der Waals surface area contributed by atoms with Crippen molar-refractivity contribution in [3.63, 3.8) is 0 Å². The molecule has 0 bridgehead atoms. The molecule has 0 spiro atoms. The average molecular weight is 499 g/mol. The summed E-state index contributed by atoms with van der Waals surface area (Å²) < 4.78 is 1.94. The van der Waals surface area contributed by atoms with Crippen LogP contribution < -0.4 is 10.9 Å². The zero-order valence-electron chi connectivity index (χ0n) is 18.9. The molecule has 1 N–H and O–H groups in total. The number of nitrogens with zero attached hydrogens (tertiary/aromatic N) is 3. The van der Waals surface area contributed by atoms with Crippen LogP contribution in [0, 0.1) is 0 Å². The Morgan fingerprint density at radius 1 is 1.00 bits per heavy atom. The first-order valence-corrected chi connectivity index (χ1v) is 12.4. The van der Waals surface area contributed by atoms with Gasteiger partial charge in [0.1, 0.15) is 15.8 Å². The van der Waals surface area contributed by atoms with Crippen molar-refractivity contribution < 1.29 is 4.79 Å². The van der Waals surface area contributed by atoms with E-state index < -0.39 is 0 Å². The van der Waals surface area contributed by atoms with Crippen LogP contribution in [0.5, 0.6) is 0 Å². The van der Waals surface area contributed by atoms with Crippen LogP contribution in [0.2, 0.25) is 0 Å². The molecule has 0 saturated carbocycles. The van der Waals surface area contributed by atoms with Gasteiger partial charge in [-0.3, -0.25) is 18.9 Å². The molecule has 1 atom stereocenters. The molecule has 1 aliphatic rings. The quantitative estimate of drug-likeness (QED) is 0.289. The maximum absolute atomic E-state index is 13.4. The Kier molecular flexibility index (Phi) is 6.48. The van der Waals surface area contributed by atoms with Crippen LogP contribution in [0.15, 0.2) is 94.8 Å². The number of thioether (sulfide) groups is 1. The summed E-state index contributed by atoms with van der Waals surface area (Å²) >= 11 is 6.76. The molecule has 1 aliphatic heterocycles. The third-order valence-electron chi connectivity index (χ3n) is 5.84. The number of benzene rings is 2. The lowest BCUT2D eigenvalue weighted by atomic mass is 10.1. The summed E-state index contributed by atoms with van der Waals surface area (Å²) in [6.07, 6.45) is 3.28. The van der Waals surface area contributed by atoms with Crippen LogP contribution in [0.4, 0.5) is 5.82 Å². The largest absolute Gasteiger partial charge is 0.365 e. The standard InChI is InChI=1S/C27H22N4O2S2/c1-18(20-12-6-3-7-13-20)31-26(33)22(35-27(31)34)16-21-24(28-17-19-10-4-2-5-11-19)29-23-14-8-9-15-30(23)25(21)32/h2-16,18,28H,17H2,1H3/b22-16-/t18-/m0/s1. The first kappa shape index (κ1) is 23.0. The zero-order valence-corrected chi connectivity index (χ0v) is 20.6. The Labute approximate surface area is 212 Å². The molecule has 1 saturated heterocycles. The number of carbonyl (C=O) groups is 1. The van der Waals surface area contributed by atoms with Gasteiger partial charge in [-0.15, -0.1) is 0 Å². The summed E-state index contributed by atoms with van der Waals surface area (Å²) in [6, 6.07) is 24.8. The molecule has 174 valence electrons. The van der Waals surface area contributed by atoms with Gasteiger partial charge in [0.25, 0.3) is 11.5 Å². The van der Waals surface area contributed by atoms with Crippen LogP contribution in [0.3, 0.4) is 0 Å². The summed E-state index contributed by atoms with van der Waals surface area (Å²) in [7, 11) is 0. The molecule has 0 unspecified atom stereocenters. The molecule has 4 aromatic rings. The normalized spacial score (nSPS) is 15.7. The average Bonchev–Trinajstić information content (AvgIpc) is 3.17. The third kappa shape index (κ3) is 4.62. The van der Waals surface area contributed by atoms with Gasteiger partial charge in [0.05, 0.1) is 16.5 Å². The van der Waals surface area contributed by atoms with E-state index in [1.54, 1.807) is 29.3 Å². The zero-order chi connectivity index (χ0) is 24.4. The lowest BCUT2D eigenvalue weighted by Gasteiger charge is -2.23. The van der Waals surface area contributed by atoms with Crippen molar-refractivity contribution in [3.8, 4) is 0 Å². The molecular formula is C27H22N4O2S2. The van der Waals surface area contributed by atoms with Crippen LogP contribution in [-0.4, -0.2) is 24.5 Å². The number of amides is 1. The minimum atomic E-state index is -0.257. The second-order valence-corrected chi connectivity index (χ2v) is 9.76. The number of carbonyl (C=O) groups excluding carboxylic acids is 1. The van der Waals surface area contributed by atoms with E-state index in [-0.39, 0.29) is 17.5 Å². The van der Waals surface area contributed by atoms with Crippen molar-refractivity contribution >= 4 is 51.7 Å². The fourth-order valence-electron chi connectivity index (χ4n) is 3.97. The number of pyridine rings is 1. The molecule has 0 aliphatic carbocycles. The lowest BCUT2D eigenvalue weighted by Crippen LogP contribution is -2.31. The fraction of sp³-hybridized carbons (Fsp3) is 0.111. The number of hydrogen-bond donors (Lipinski definition) is 1. The van der Waals surface area contributed by atoms with Crippen molar-refractivity contribution in [2.24, 2.45) is 0 Å². The number of anilines is 1. The highest BCUT2D eigenvalue weighted by molar-refractivity contribution is 8.26. The summed E-state index contributed by atoms with van der Waals surface area (Å²) in [5.74, 6) is 0.203. The van der Waals surface area contributed by atoms with Gasteiger partial charge in [0, 0.05) is 12.7 Å². The van der Waals surface area contributed by atoms with Crippen molar-refractivity contribution in [3.05, 3.63) is 117 Å². The van der Waals surface area contributed by atoms with Gasteiger partial charge in [-0.1, -0.05) is 90.7 Å². The highest BCUT2D eigenvalue weighted by Crippen LogP contribution is 2.38. The van der Waals surface area contributed by atoms with Crippen LogP contribution >= 0.6 is 24.0 Å². The van der Waals surface area contributed by atoms with E-state index in [1.165, 1.54) is 16.2 Å². The highest BCUT2D eigenvalue weighted by Gasteiger charge is 2.36. The Morgan fingerprint density at radius 2 is 1.69 bits per heavy atom. The predicted molar refractivity (Wildman–Crippen MR) is 145 cm³/mol. The molecule has 35 heavy (non-hydrogen) atoms. The number of aromatic nitrogens is 2. The van der Waals surface area contributed by atoms with E-state index in [0.717, 1.165) is 11.1 Å². The molecule has 2 aromatic carbocycles. The minimum absolute atomic E-state index is 0.220. The maximum atomic E-state index is 13.4. The summed E-state index contributed by atoms with van der Waals surface area (Å²) in [4.78, 5) is 33.5. The van der Waals surface area contributed by atoms with Crippen molar-refractivity contribution in [1.29, 1.82) is 0 Å². The topological polar surface area (TPSA) is 66.7 Å². The Hall–Kier alpha value is -3.75. The van der Waals surface area contributed by atoms with Crippen LogP contribution in [0.25, 0.3) is 11.7 Å². The van der Waals surface area contributed by atoms with Gasteiger partial charge in [0.2, 0.25) is 0 Å². The molecular weight excluding hydrogens is 476 g/mol. The molecule has 1 fully saturated rings. The predicted octanol–water partition coefficient (Wildman–Crippen LogP) is 5.27. The maximum Gasteiger partial charge on any atom is 0.267 e. The number of fused-ring (bicyclic) bond motifs is 1. The van der Waals surface area contributed by atoms with E-state index in [2.05, 4.69) is 10.3 Å². The first-order chi connectivity index (χ1) is 17.0. The molecule has 6 nitrogen and oxygen atoms in total. The number of nitrogens with one attached hydrogen (secondary N) is 1.